The molecule has 0 saturated heterocycles. The number of nitrogens with two attached hydrogens (primary N) is 2. The van der Waals surface area contributed by atoms with Crippen molar-refractivity contribution in [1.82, 2.24) is 0 Å². The zero-order valence-corrected chi connectivity index (χ0v) is 8.22. The molecule has 0 bridgehead atoms. The van der Waals surface area contributed by atoms with E-state index in [0.29, 0.717) is 5.17 Å². The van der Waals surface area contributed by atoms with Crippen LogP contribution in [0.4, 0.5) is 0 Å². The molecule has 76 valence electrons. The van der Waals surface area contributed by atoms with Crippen LogP contribution in [0.5, 0.6) is 0 Å². The molecule has 0 aromatic rings. The number of carbonyl (C=O) groups is 1. The van der Waals surface area contributed by atoms with Crippen LogP contribution in [0.3, 0.4) is 0 Å². The molecule has 0 atom stereocenters. The highest BCUT2D eigenvalue weighted by Crippen LogP contribution is 2.06. The van der Waals surface area contributed by atoms with Gasteiger partial charge in [0.2, 0.25) is 0 Å². The third-order valence-corrected chi connectivity index (χ3v) is 2.31. The number of carboxylic acid groups (broad SMARTS) is 1. The lowest BCUT2D eigenvalue weighted by atomic mass is 10.2. The summed E-state index contributed by atoms with van der Waals surface area (Å²) >= 11 is 1.39. The normalized spacial score (nSPS) is 11.5. The summed E-state index contributed by atoms with van der Waals surface area (Å²) < 4.78 is 0. The van der Waals surface area contributed by atoms with E-state index < -0.39 is 5.97 Å². The SMILES string of the molecule is NN=C(N)SCCCCCC(=O)O. The Labute approximate surface area is 81.6 Å². The Morgan fingerprint density at radius 3 is 2.62 bits per heavy atom. The third-order valence-electron chi connectivity index (χ3n) is 1.41. The van der Waals surface area contributed by atoms with Crippen molar-refractivity contribution < 1.29 is 9.90 Å². The molecule has 0 rings (SSSR count). The lowest BCUT2D eigenvalue weighted by Gasteiger charge is -1.98. The van der Waals surface area contributed by atoms with Gasteiger partial charge in [-0.3, -0.25) is 4.79 Å². The first kappa shape index (κ1) is 12.1. The molecule has 0 heterocycles. The van der Waals surface area contributed by atoms with Crippen molar-refractivity contribution in [3.8, 4) is 0 Å². The number of hydrazone groups is 1. The molecular formula is C7H15N3O2S. The molecule has 0 amide bonds. The van der Waals surface area contributed by atoms with Crippen LogP contribution >= 0.6 is 11.8 Å². The number of aliphatic carboxylic acids is 1. The quantitative estimate of drug-likeness (QED) is 0.193. The van der Waals surface area contributed by atoms with Crippen molar-refractivity contribution in [2.45, 2.75) is 25.7 Å². The van der Waals surface area contributed by atoms with E-state index >= 15 is 0 Å². The van der Waals surface area contributed by atoms with Crippen molar-refractivity contribution in [1.29, 1.82) is 0 Å². The number of amidine groups is 1. The fraction of sp³-hybridized carbons (Fsp3) is 0.714. The molecule has 0 fully saturated rings. The third kappa shape index (κ3) is 9.00. The molecule has 6 heteroatoms. The van der Waals surface area contributed by atoms with Gasteiger partial charge in [0, 0.05) is 12.2 Å². The summed E-state index contributed by atoms with van der Waals surface area (Å²) in [6.45, 7) is 0. The summed E-state index contributed by atoms with van der Waals surface area (Å²) in [4.78, 5) is 10.1. The Morgan fingerprint density at radius 1 is 1.38 bits per heavy atom. The number of hydrogen-bond acceptors (Lipinski definition) is 4. The average Bonchev–Trinajstić information content (AvgIpc) is 2.10. The lowest BCUT2D eigenvalue weighted by Crippen LogP contribution is -2.09. The molecule has 5 N–H and O–H groups in total. The van der Waals surface area contributed by atoms with Crippen LogP contribution in [0.15, 0.2) is 5.10 Å². The van der Waals surface area contributed by atoms with Crippen molar-refractivity contribution in [3.05, 3.63) is 0 Å². The highest BCUT2D eigenvalue weighted by Gasteiger charge is 1.97. The van der Waals surface area contributed by atoms with Crippen molar-refractivity contribution >= 4 is 22.9 Å². The fourth-order valence-corrected chi connectivity index (χ4v) is 1.40. The smallest absolute Gasteiger partial charge is 0.303 e. The van der Waals surface area contributed by atoms with Crippen LogP contribution in [0.2, 0.25) is 0 Å². The zero-order valence-electron chi connectivity index (χ0n) is 7.40. The number of unbranched alkanes of at least 4 members (excludes halogenated alkanes) is 2. The molecule has 0 aliphatic rings. The first-order valence-electron chi connectivity index (χ1n) is 4.04. The minimum Gasteiger partial charge on any atom is -0.481 e. The van der Waals surface area contributed by atoms with E-state index in [1.807, 2.05) is 0 Å². The van der Waals surface area contributed by atoms with Crippen LogP contribution in [-0.4, -0.2) is 22.0 Å². The van der Waals surface area contributed by atoms with E-state index in [4.69, 9.17) is 16.7 Å². The van der Waals surface area contributed by atoms with Gasteiger partial charge in [0.1, 0.15) is 0 Å². The van der Waals surface area contributed by atoms with Gasteiger partial charge in [-0.1, -0.05) is 18.2 Å². The van der Waals surface area contributed by atoms with E-state index in [-0.39, 0.29) is 6.42 Å². The zero-order chi connectivity index (χ0) is 10.1. The van der Waals surface area contributed by atoms with E-state index in [1.165, 1.54) is 11.8 Å². The molecule has 0 saturated carbocycles. The van der Waals surface area contributed by atoms with Crippen molar-refractivity contribution in [2.75, 3.05) is 5.75 Å². The molecule has 0 aromatic carbocycles. The van der Waals surface area contributed by atoms with E-state index in [2.05, 4.69) is 5.10 Å². The number of nitrogens with zero attached hydrogens (tertiary/aromatic N) is 1. The lowest BCUT2D eigenvalue weighted by molar-refractivity contribution is -0.137. The number of thioether (sulfide) groups is 1. The summed E-state index contributed by atoms with van der Waals surface area (Å²) in [6.07, 6.45) is 2.80. The molecule has 13 heavy (non-hydrogen) atoms. The van der Waals surface area contributed by atoms with E-state index in [0.717, 1.165) is 25.0 Å². The predicted molar refractivity (Wildman–Crippen MR) is 54.4 cm³/mol. The van der Waals surface area contributed by atoms with E-state index in [9.17, 15) is 4.79 Å². The van der Waals surface area contributed by atoms with Gasteiger partial charge in [-0.05, 0) is 12.8 Å². The van der Waals surface area contributed by atoms with Gasteiger partial charge in [0.25, 0.3) is 0 Å². The first-order chi connectivity index (χ1) is 6.16. The van der Waals surface area contributed by atoms with Gasteiger partial charge in [0.05, 0.1) is 0 Å². The van der Waals surface area contributed by atoms with Gasteiger partial charge in [-0.15, -0.1) is 0 Å². The highest BCUT2D eigenvalue weighted by molar-refractivity contribution is 8.13. The van der Waals surface area contributed by atoms with Crippen molar-refractivity contribution in [2.24, 2.45) is 16.7 Å². The second-order valence-electron chi connectivity index (χ2n) is 2.52. The van der Waals surface area contributed by atoms with Crippen LogP contribution < -0.4 is 11.6 Å². The number of carboxylic acids is 1. The summed E-state index contributed by atoms with van der Waals surface area (Å²) in [6, 6.07) is 0. The topological polar surface area (TPSA) is 102 Å². The molecular weight excluding hydrogens is 190 g/mol. The number of hydrogen-bond donors (Lipinski definition) is 3. The number of rotatable bonds is 6. The first-order valence-corrected chi connectivity index (χ1v) is 5.03. The Morgan fingerprint density at radius 2 is 2.08 bits per heavy atom. The second kappa shape index (κ2) is 7.72. The van der Waals surface area contributed by atoms with Gasteiger partial charge < -0.3 is 16.7 Å². The van der Waals surface area contributed by atoms with Crippen molar-refractivity contribution in [3.63, 3.8) is 0 Å². The molecule has 0 spiro atoms. The maximum atomic E-state index is 10.1. The minimum absolute atomic E-state index is 0.241. The Hall–Kier alpha value is -0.910. The fourth-order valence-electron chi connectivity index (χ4n) is 0.769. The monoisotopic (exact) mass is 205 g/mol. The molecule has 5 nitrogen and oxygen atoms in total. The minimum atomic E-state index is -0.740. The summed E-state index contributed by atoms with van der Waals surface area (Å²) in [5.74, 6) is 5.02. The van der Waals surface area contributed by atoms with Crippen LogP contribution in [0.25, 0.3) is 0 Å². The molecule has 0 aliphatic carbocycles. The van der Waals surface area contributed by atoms with Gasteiger partial charge in [0.15, 0.2) is 5.17 Å². The Balaban J connectivity index is 3.13. The summed E-state index contributed by atoms with van der Waals surface area (Å²) in [5, 5.41) is 12.0. The Kier molecular flexibility index (Phi) is 7.18. The molecule has 0 unspecified atom stereocenters. The Bertz CT molecular complexity index is 185. The second-order valence-corrected chi connectivity index (χ2v) is 3.64. The highest BCUT2D eigenvalue weighted by atomic mass is 32.2. The molecule has 0 aliphatic heterocycles. The summed E-state index contributed by atoms with van der Waals surface area (Å²) in [7, 11) is 0. The van der Waals surface area contributed by atoms with Crippen LogP contribution in [0, 0.1) is 0 Å². The molecule has 0 aromatic heterocycles. The largest absolute Gasteiger partial charge is 0.481 e. The average molecular weight is 205 g/mol. The van der Waals surface area contributed by atoms with Gasteiger partial charge in [-0.25, -0.2) is 0 Å². The van der Waals surface area contributed by atoms with Gasteiger partial charge in [-0.2, -0.15) is 5.10 Å². The van der Waals surface area contributed by atoms with Crippen LogP contribution in [-0.2, 0) is 4.79 Å². The van der Waals surface area contributed by atoms with Gasteiger partial charge >= 0.3 is 5.97 Å². The standard InChI is InChI=1S/C7H15N3O2S/c8-7(10-9)13-5-3-1-2-4-6(11)12/h1-5,9H2,(H2,8,10)(H,11,12). The summed E-state index contributed by atoms with van der Waals surface area (Å²) in [5.41, 5.74) is 5.33. The van der Waals surface area contributed by atoms with Crippen LogP contribution in [0.1, 0.15) is 25.7 Å². The predicted octanol–water partition coefficient (Wildman–Crippen LogP) is 0.553. The van der Waals surface area contributed by atoms with E-state index in [1.54, 1.807) is 0 Å². The maximum absolute atomic E-state index is 10.1. The molecule has 0 radical (unpaired) electrons. The maximum Gasteiger partial charge on any atom is 0.303 e.